The lowest BCUT2D eigenvalue weighted by atomic mass is 10.1. The van der Waals surface area contributed by atoms with E-state index in [1.165, 1.54) is 30.3 Å². The van der Waals surface area contributed by atoms with Gasteiger partial charge in [-0.1, -0.05) is 11.6 Å². The second-order valence-electron chi connectivity index (χ2n) is 5.28. The summed E-state index contributed by atoms with van der Waals surface area (Å²) in [6, 6.07) is 9.69. The van der Waals surface area contributed by atoms with E-state index in [1.807, 2.05) is 13.8 Å². The van der Waals surface area contributed by atoms with Crippen LogP contribution in [0.15, 0.2) is 42.5 Å². The van der Waals surface area contributed by atoms with E-state index in [0.717, 1.165) is 0 Å². The van der Waals surface area contributed by atoms with E-state index < -0.39 is 11.7 Å². The summed E-state index contributed by atoms with van der Waals surface area (Å²) in [4.78, 5) is 24.4. The van der Waals surface area contributed by atoms with Crippen molar-refractivity contribution in [3.8, 4) is 0 Å². The summed E-state index contributed by atoms with van der Waals surface area (Å²) in [5.41, 5.74) is 0.880. The molecular weight excluding hydrogens is 319 g/mol. The van der Waals surface area contributed by atoms with Crippen molar-refractivity contribution in [3.63, 3.8) is 0 Å². The number of anilines is 1. The lowest BCUT2D eigenvalue weighted by molar-refractivity contribution is 0.0944. The summed E-state index contributed by atoms with van der Waals surface area (Å²) < 4.78 is 12.9. The highest BCUT2D eigenvalue weighted by molar-refractivity contribution is 6.31. The molecule has 0 aliphatic carbocycles. The van der Waals surface area contributed by atoms with Crippen LogP contribution in [0.3, 0.4) is 0 Å². The number of nitrogens with one attached hydrogen (secondary N) is 2. The van der Waals surface area contributed by atoms with Crippen LogP contribution in [0.5, 0.6) is 0 Å². The minimum absolute atomic E-state index is 0.0428. The Bertz CT molecular complexity index is 730. The molecule has 0 bridgehead atoms. The third kappa shape index (κ3) is 4.53. The molecule has 0 aromatic heterocycles. The molecular formula is C17H16ClFN2O2. The van der Waals surface area contributed by atoms with Crippen molar-refractivity contribution in [2.75, 3.05) is 5.32 Å². The smallest absolute Gasteiger partial charge is 0.255 e. The maximum Gasteiger partial charge on any atom is 0.255 e. The van der Waals surface area contributed by atoms with Crippen LogP contribution in [0.1, 0.15) is 34.6 Å². The van der Waals surface area contributed by atoms with Crippen molar-refractivity contribution in [1.29, 1.82) is 0 Å². The first-order valence-electron chi connectivity index (χ1n) is 7.04. The summed E-state index contributed by atoms with van der Waals surface area (Å²) in [5, 5.41) is 5.78. The van der Waals surface area contributed by atoms with Gasteiger partial charge in [-0.2, -0.15) is 0 Å². The van der Waals surface area contributed by atoms with E-state index in [2.05, 4.69) is 10.6 Å². The Morgan fingerprint density at radius 2 is 1.70 bits per heavy atom. The first kappa shape index (κ1) is 17.0. The fourth-order valence-corrected chi connectivity index (χ4v) is 2.13. The molecule has 6 heteroatoms. The van der Waals surface area contributed by atoms with Crippen molar-refractivity contribution >= 4 is 29.1 Å². The first-order valence-corrected chi connectivity index (χ1v) is 7.42. The minimum Gasteiger partial charge on any atom is -0.350 e. The molecule has 2 rings (SSSR count). The van der Waals surface area contributed by atoms with Crippen molar-refractivity contribution in [2.45, 2.75) is 19.9 Å². The summed E-state index contributed by atoms with van der Waals surface area (Å²) in [6.45, 7) is 3.68. The molecule has 0 spiro atoms. The zero-order valence-electron chi connectivity index (χ0n) is 12.7. The molecule has 23 heavy (non-hydrogen) atoms. The number of halogens is 2. The number of carbonyl (C=O) groups is 2. The predicted octanol–water partition coefficient (Wildman–Crippen LogP) is 3.87. The van der Waals surface area contributed by atoms with E-state index in [4.69, 9.17) is 11.6 Å². The van der Waals surface area contributed by atoms with E-state index in [9.17, 15) is 14.0 Å². The molecule has 2 N–H and O–H groups in total. The maximum atomic E-state index is 12.9. The van der Waals surface area contributed by atoms with Crippen LogP contribution in [0.25, 0.3) is 0 Å². The summed E-state index contributed by atoms with van der Waals surface area (Å²) >= 11 is 5.94. The van der Waals surface area contributed by atoms with Gasteiger partial charge < -0.3 is 10.6 Å². The number of rotatable bonds is 4. The second kappa shape index (κ2) is 7.24. The Balaban J connectivity index is 2.27. The van der Waals surface area contributed by atoms with Crippen LogP contribution in [0, 0.1) is 5.82 Å². The lowest BCUT2D eigenvalue weighted by Crippen LogP contribution is -2.31. The van der Waals surface area contributed by atoms with Crippen LogP contribution in [0.2, 0.25) is 5.02 Å². The van der Waals surface area contributed by atoms with E-state index in [0.29, 0.717) is 16.3 Å². The average molecular weight is 335 g/mol. The largest absolute Gasteiger partial charge is 0.350 e. The van der Waals surface area contributed by atoms with Crippen molar-refractivity contribution in [3.05, 3.63) is 64.4 Å². The van der Waals surface area contributed by atoms with E-state index >= 15 is 0 Å². The Morgan fingerprint density at radius 3 is 2.30 bits per heavy atom. The Morgan fingerprint density at radius 1 is 1.04 bits per heavy atom. The highest BCUT2D eigenvalue weighted by Crippen LogP contribution is 2.22. The van der Waals surface area contributed by atoms with Crippen molar-refractivity contribution in [2.24, 2.45) is 0 Å². The Kier molecular flexibility index (Phi) is 5.34. The summed E-state index contributed by atoms with van der Waals surface area (Å²) in [6.07, 6.45) is 0. The number of carbonyl (C=O) groups excluding carboxylic acids is 2. The molecule has 4 nitrogen and oxygen atoms in total. The first-order chi connectivity index (χ1) is 10.9. The topological polar surface area (TPSA) is 58.2 Å². The normalized spacial score (nSPS) is 10.5. The van der Waals surface area contributed by atoms with Crippen LogP contribution in [-0.4, -0.2) is 17.9 Å². The minimum atomic E-state index is -0.453. The zero-order valence-corrected chi connectivity index (χ0v) is 13.4. The molecule has 2 aromatic rings. The molecule has 0 saturated heterocycles. The van der Waals surface area contributed by atoms with E-state index in [1.54, 1.807) is 12.1 Å². The zero-order chi connectivity index (χ0) is 17.0. The maximum absolute atomic E-state index is 12.9. The molecule has 2 aromatic carbocycles. The fraction of sp³-hybridized carbons (Fsp3) is 0.176. The third-order valence-electron chi connectivity index (χ3n) is 3.00. The van der Waals surface area contributed by atoms with E-state index in [-0.39, 0.29) is 17.5 Å². The molecule has 0 aliphatic rings. The van der Waals surface area contributed by atoms with Gasteiger partial charge in [0.15, 0.2) is 0 Å². The van der Waals surface area contributed by atoms with Crippen molar-refractivity contribution in [1.82, 2.24) is 5.32 Å². The number of hydrogen-bond acceptors (Lipinski definition) is 2. The van der Waals surface area contributed by atoms with Crippen LogP contribution < -0.4 is 10.6 Å². The fourth-order valence-electron chi connectivity index (χ4n) is 1.95. The van der Waals surface area contributed by atoms with Crippen LogP contribution in [0.4, 0.5) is 10.1 Å². The van der Waals surface area contributed by atoms with Gasteiger partial charge in [0.05, 0.1) is 11.3 Å². The van der Waals surface area contributed by atoms with Gasteiger partial charge in [0, 0.05) is 16.6 Å². The van der Waals surface area contributed by atoms with Crippen LogP contribution in [-0.2, 0) is 0 Å². The van der Waals surface area contributed by atoms with Gasteiger partial charge in [-0.25, -0.2) is 4.39 Å². The predicted molar refractivity (Wildman–Crippen MR) is 88.4 cm³/mol. The summed E-state index contributed by atoms with van der Waals surface area (Å²) in [7, 11) is 0. The SMILES string of the molecule is CC(C)NC(=O)c1ccc(Cl)cc1NC(=O)c1ccc(F)cc1. The number of hydrogen-bond donors (Lipinski definition) is 2. The molecule has 0 unspecified atom stereocenters. The van der Waals surface area contributed by atoms with Gasteiger partial charge in [-0.05, 0) is 56.3 Å². The van der Waals surface area contributed by atoms with Gasteiger partial charge in [0.2, 0.25) is 0 Å². The highest BCUT2D eigenvalue weighted by Gasteiger charge is 2.15. The third-order valence-corrected chi connectivity index (χ3v) is 3.24. The second-order valence-corrected chi connectivity index (χ2v) is 5.72. The molecule has 2 amide bonds. The molecule has 120 valence electrons. The highest BCUT2D eigenvalue weighted by atomic mass is 35.5. The Hall–Kier alpha value is -2.40. The number of benzene rings is 2. The van der Waals surface area contributed by atoms with Gasteiger partial charge in [0.25, 0.3) is 11.8 Å². The molecule has 0 radical (unpaired) electrons. The number of amides is 2. The van der Waals surface area contributed by atoms with Gasteiger partial charge in [0.1, 0.15) is 5.82 Å². The molecule has 0 heterocycles. The molecule has 0 fully saturated rings. The summed E-state index contributed by atoms with van der Waals surface area (Å²) in [5.74, 6) is -1.20. The quantitative estimate of drug-likeness (QED) is 0.891. The lowest BCUT2D eigenvalue weighted by Gasteiger charge is -2.13. The van der Waals surface area contributed by atoms with Gasteiger partial charge >= 0.3 is 0 Å². The standard InChI is InChI=1S/C17H16ClFN2O2/c1-10(2)20-17(23)14-8-5-12(18)9-15(14)21-16(22)11-3-6-13(19)7-4-11/h3-10H,1-2H3,(H,20,23)(H,21,22). The molecule has 0 aliphatic heterocycles. The van der Waals surface area contributed by atoms with Gasteiger partial charge in [-0.15, -0.1) is 0 Å². The van der Waals surface area contributed by atoms with Crippen molar-refractivity contribution < 1.29 is 14.0 Å². The Labute approximate surface area is 138 Å². The van der Waals surface area contributed by atoms with Gasteiger partial charge in [-0.3, -0.25) is 9.59 Å². The molecule has 0 saturated carbocycles. The average Bonchev–Trinajstić information content (AvgIpc) is 2.47. The monoisotopic (exact) mass is 334 g/mol. The van der Waals surface area contributed by atoms with Crippen LogP contribution >= 0.6 is 11.6 Å². The molecule has 0 atom stereocenters.